The predicted octanol–water partition coefficient (Wildman–Crippen LogP) is 5.24. The van der Waals surface area contributed by atoms with Crippen molar-refractivity contribution in [1.29, 1.82) is 0 Å². The molecule has 0 saturated carbocycles. The zero-order chi connectivity index (χ0) is 23.9. The van der Waals surface area contributed by atoms with Crippen LogP contribution in [0.4, 0.5) is 16.3 Å². The van der Waals surface area contributed by atoms with Crippen LogP contribution in [0.25, 0.3) is 0 Å². The number of aryl methyl sites for hydroxylation is 3. The third-order valence-electron chi connectivity index (χ3n) is 6.46. The van der Waals surface area contributed by atoms with Gasteiger partial charge in [-0.1, -0.05) is 62.4 Å². The fraction of sp³-hybridized carbons (Fsp3) is 0.393. The minimum Gasteiger partial charge on any atom is -0.354 e. The smallest absolute Gasteiger partial charge is 0.321 e. The second-order valence-electron chi connectivity index (χ2n) is 8.80. The summed E-state index contributed by atoms with van der Waals surface area (Å²) in [6, 6.07) is 18.5. The molecule has 6 nitrogen and oxygen atoms in total. The van der Waals surface area contributed by atoms with Gasteiger partial charge < -0.3 is 15.1 Å². The second kappa shape index (κ2) is 11.1. The Morgan fingerprint density at radius 3 is 2.44 bits per heavy atom. The third-order valence-corrected chi connectivity index (χ3v) is 6.46. The third kappa shape index (κ3) is 5.56. The zero-order valence-electron chi connectivity index (χ0n) is 20.6. The molecule has 1 fully saturated rings. The molecule has 0 spiro atoms. The molecule has 0 radical (unpaired) electrons. The summed E-state index contributed by atoms with van der Waals surface area (Å²) in [4.78, 5) is 27.0. The Balaban J connectivity index is 1.52. The number of hydrogen-bond donors (Lipinski definition) is 1. The number of rotatable bonds is 6. The van der Waals surface area contributed by atoms with E-state index in [1.807, 2.05) is 36.1 Å². The Bertz CT molecular complexity index is 1120. The quantitative estimate of drug-likeness (QED) is 0.550. The summed E-state index contributed by atoms with van der Waals surface area (Å²) in [5.41, 5.74) is 5.63. The summed E-state index contributed by atoms with van der Waals surface area (Å²) < 4.78 is 0. The molecule has 1 aromatic heterocycles. The number of benzene rings is 2. The van der Waals surface area contributed by atoms with Crippen molar-refractivity contribution >= 4 is 17.5 Å². The molecule has 1 aliphatic rings. The molecule has 1 N–H and O–H groups in total. The van der Waals surface area contributed by atoms with Gasteiger partial charge in [-0.2, -0.15) is 0 Å². The summed E-state index contributed by atoms with van der Waals surface area (Å²) in [5, 5.41) is 3.13. The molecule has 0 aliphatic carbocycles. The Hall–Kier alpha value is -3.41. The molecule has 2 heterocycles. The molecular weight excluding hydrogens is 422 g/mol. The molecule has 2 amide bonds. The lowest BCUT2D eigenvalue weighted by Crippen LogP contribution is -2.38. The maximum Gasteiger partial charge on any atom is 0.321 e. The van der Waals surface area contributed by atoms with Gasteiger partial charge in [-0.15, -0.1) is 0 Å². The molecular formula is C28H35N5O. The Kier molecular flexibility index (Phi) is 7.78. The van der Waals surface area contributed by atoms with Crippen LogP contribution in [0.5, 0.6) is 0 Å². The minimum absolute atomic E-state index is 0.0274. The summed E-state index contributed by atoms with van der Waals surface area (Å²) in [5.74, 6) is 1.82. The molecule has 178 valence electrons. The van der Waals surface area contributed by atoms with Crippen LogP contribution in [0.1, 0.15) is 48.5 Å². The first-order valence-electron chi connectivity index (χ1n) is 12.4. The van der Waals surface area contributed by atoms with Crippen molar-refractivity contribution in [2.45, 2.75) is 46.5 Å². The number of amides is 2. The van der Waals surface area contributed by atoms with Gasteiger partial charge in [0.15, 0.2) is 0 Å². The van der Waals surface area contributed by atoms with Crippen LogP contribution in [0.15, 0.2) is 54.6 Å². The Morgan fingerprint density at radius 2 is 1.68 bits per heavy atom. The fourth-order valence-electron chi connectivity index (χ4n) is 4.65. The molecule has 1 aliphatic heterocycles. The van der Waals surface area contributed by atoms with Crippen LogP contribution in [-0.2, 0) is 19.3 Å². The van der Waals surface area contributed by atoms with Crippen LogP contribution in [-0.4, -0.2) is 47.1 Å². The van der Waals surface area contributed by atoms with E-state index in [4.69, 9.17) is 9.97 Å². The van der Waals surface area contributed by atoms with Crippen molar-refractivity contribution < 1.29 is 4.79 Å². The molecule has 6 heteroatoms. The number of nitrogens with zero attached hydrogens (tertiary/aromatic N) is 4. The highest BCUT2D eigenvalue weighted by molar-refractivity contribution is 5.90. The molecule has 1 saturated heterocycles. The first-order valence-corrected chi connectivity index (χ1v) is 12.4. The molecule has 34 heavy (non-hydrogen) atoms. The number of para-hydroxylation sites is 1. The first kappa shape index (κ1) is 23.7. The van der Waals surface area contributed by atoms with Gasteiger partial charge >= 0.3 is 6.03 Å². The lowest BCUT2D eigenvalue weighted by molar-refractivity contribution is 0.215. The largest absolute Gasteiger partial charge is 0.354 e. The SMILES string of the molecule is CCc1ccccc1NC(=O)N1CCCN(c2nc(C)nc(CC)c2Cc2ccccc2)CC1. The van der Waals surface area contributed by atoms with Crippen molar-refractivity contribution in [2.75, 3.05) is 36.4 Å². The average Bonchev–Trinajstić information content (AvgIpc) is 3.12. The van der Waals surface area contributed by atoms with E-state index in [9.17, 15) is 4.79 Å². The minimum atomic E-state index is -0.0274. The number of aromatic nitrogens is 2. The summed E-state index contributed by atoms with van der Waals surface area (Å²) in [6.45, 7) is 9.25. The van der Waals surface area contributed by atoms with Gasteiger partial charge in [-0.25, -0.2) is 14.8 Å². The van der Waals surface area contributed by atoms with Gasteiger partial charge in [-0.3, -0.25) is 0 Å². The van der Waals surface area contributed by atoms with E-state index in [1.165, 1.54) is 11.1 Å². The van der Waals surface area contributed by atoms with Crippen molar-refractivity contribution in [3.05, 3.63) is 82.8 Å². The molecule has 2 aromatic carbocycles. The highest BCUT2D eigenvalue weighted by Gasteiger charge is 2.24. The van der Waals surface area contributed by atoms with E-state index in [-0.39, 0.29) is 6.03 Å². The van der Waals surface area contributed by atoms with Crippen LogP contribution in [0.3, 0.4) is 0 Å². The van der Waals surface area contributed by atoms with E-state index < -0.39 is 0 Å². The second-order valence-corrected chi connectivity index (χ2v) is 8.80. The number of carbonyl (C=O) groups excluding carboxylic acids is 1. The predicted molar refractivity (Wildman–Crippen MR) is 139 cm³/mol. The summed E-state index contributed by atoms with van der Waals surface area (Å²) in [7, 11) is 0. The molecule has 0 bridgehead atoms. The Morgan fingerprint density at radius 1 is 0.912 bits per heavy atom. The maximum atomic E-state index is 13.1. The van der Waals surface area contributed by atoms with E-state index >= 15 is 0 Å². The number of carbonyl (C=O) groups is 1. The molecule has 4 rings (SSSR count). The monoisotopic (exact) mass is 457 g/mol. The van der Waals surface area contributed by atoms with Crippen LogP contribution in [0, 0.1) is 6.92 Å². The maximum absolute atomic E-state index is 13.1. The first-order chi connectivity index (χ1) is 16.6. The Labute approximate surface area is 203 Å². The van der Waals surface area contributed by atoms with Crippen molar-refractivity contribution in [1.82, 2.24) is 14.9 Å². The van der Waals surface area contributed by atoms with E-state index in [0.29, 0.717) is 6.54 Å². The number of nitrogens with one attached hydrogen (secondary N) is 1. The number of anilines is 2. The molecule has 0 unspecified atom stereocenters. The topological polar surface area (TPSA) is 61.4 Å². The van der Waals surface area contributed by atoms with Crippen molar-refractivity contribution in [3.63, 3.8) is 0 Å². The van der Waals surface area contributed by atoms with Crippen LogP contribution < -0.4 is 10.2 Å². The van der Waals surface area contributed by atoms with Gasteiger partial charge in [0.25, 0.3) is 0 Å². The number of urea groups is 1. The lowest BCUT2D eigenvalue weighted by atomic mass is 10.0. The number of hydrogen-bond acceptors (Lipinski definition) is 4. The van der Waals surface area contributed by atoms with E-state index in [0.717, 1.165) is 73.9 Å². The normalized spacial score (nSPS) is 14.1. The van der Waals surface area contributed by atoms with Crippen molar-refractivity contribution in [3.8, 4) is 0 Å². The highest BCUT2D eigenvalue weighted by atomic mass is 16.2. The highest BCUT2D eigenvalue weighted by Crippen LogP contribution is 2.26. The molecule has 0 atom stereocenters. The van der Waals surface area contributed by atoms with Gasteiger partial charge in [-0.05, 0) is 43.4 Å². The van der Waals surface area contributed by atoms with Crippen molar-refractivity contribution in [2.24, 2.45) is 0 Å². The standard InChI is InChI=1S/C28H35N5O/c1-4-23-14-9-10-15-26(23)31-28(34)33-17-11-16-32(18-19-33)27-24(20-22-12-7-6-8-13-22)25(5-2)29-21(3)30-27/h6-10,12-15H,4-5,11,16-20H2,1-3H3,(H,31,34). The summed E-state index contributed by atoms with van der Waals surface area (Å²) >= 11 is 0. The van der Waals surface area contributed by atoms with E-state index in [1.54, 1.807) is 0 Å². The lowest BCUT2D eigenvalue weighted by Gasteiger charge is -2.26. The summed E-state index contributed by atoms with van der Waals surface area (Å²) in [6.07, 6.45) is 3.48. The van der Waals surface area contributed by atoms with E-state index in [2.05, 4.69) is 54.4 Å². The molecule has 3 aromatic rings. The van der Waals surface area contributed by atoms with Gasteiger partial charge in [0.2, 0.25) is 0 Å². The van der Waals surface area contributed by atoms with Gasteiger partial charge in [0, 0.05) is 49.5 Å². The average molecular weight is 458 g/mol. The fourth-order valence-corrected chi connectivity index (χ4v) is 4.65. The van der Waals surface area contributed by atoms with Crippen LogP contribution in [0.2, 0.25) is 0 Å². The van der Waals surface area contributed by atoms with Gasteiger partial charge in [0.05, 0.1) is 0 Å². The van der Waals surface area contributed by atoms with Crippen LogP contribution >= 0.6 is 0 Å². The van der Waals surface area contributed by atoms with Gasteiger partial charge in [0.1, 0.15) is 11.6 Å². The zero-order valence-corrected chi connectivity index (χ0v) is 20.6.